The van der Waals surface area contributed by atoms with Gasteiger partial charge in [-0.05, 0) is 6.42 Å². The van der Waals surface area contributed by atoms with E-state index < -0.39 is 5.97 Å². The first kappa shape index (κ1) is 15.9. The minimum absolute atomic E-state index is 0.327. The molecule has 14 heavy (non-hydrogen) atoms. The van der Waals surface area contributed by atoms with E-state index in [0.717, 1.165) is 19.3 Å². The van der Waals surface area contributed by atoms with Crippen molar-refractivity contribution in [2.24, 2.45) is 0 Å². The number of hydrogen-bond donors (Lipinski definition) is 1. The summed E-state index contributed by atoms with van der Waals surface area (Å²) in [5.74, 6) is -0.682. The molecular weight excluding hydrogens is 176 g/mol. The Morgan fingerprint density at radius 1 is 0.857 bits per heavy atom. The summed E-state index contributed by atoms with van der Waals surface area (Å²) in [7, 11) is 0. The number of carboxylic acid groups (broad SMARTS) is 1. The first-order valence-electron chi connectivity index (χ1n) is 5.90. The summed E-state index contributed by atoms with van der Waals surface area (Å²) in [5.41, 5.74) is 0. The highest BCUT2D eigenvalue weighted by Crippen LogP contribution is 1.97. The van der Waals surface area contributed by atoms with Gasteiger partial charge in [-0.2, -0.15) is 0 Å². The molecule has 0 aliphatic carbocycles. The van der Waals surface area contributed by atoms with Crippen molar-refractivity contribution in [3.63, 3.8) is 0 Å². The summed E-state index contributed by atoms with van der Waals surface area (Å²) in [4.78, 5) is 9.87. The Morgan fingerprint density at radius 3 is 1.50 bits per heavy atom. The lowest BCUT2D eigenvalue weighted by molar-refractivity contribution is -0.137. The topological polar surface area (TPSA) is 37.3 Å². The van der Waals surface area contributed by atoms with Gasteiger partial charge in [0.2, 0.25) is 0 Å². The maximum atomic E-state index is 9.87. The Hall–Kier alpha value is -0.530. The Balaban J connectivity index is 0. The van der Waals surface area contributed by atoms with Gasteiger partial charge in [0.1, 0.15) is 0 Å². The molecule has 86 valence electrons. The van der Waals surface area contributed by atoms with Gasteiger partial charge in [0, 0.05) is 6.42 Å². The lowest BCUT2D eigenvalue weighted by atomic mass is 10.2. The van der Waals surface area contributed by atoms with Crippen molar-refractivity contribution in [1.82, 2.24) is 0 Å². The van der Waals surface area contributed by atoms with Gasteiger partial charge >= 0.3 is 5.97 Å². The van der Waals surface area contributed by atoms with E-state index >= 15 is 0 Å². The van der Waals surface area contributed by atoms with E-state index in [2.05, 4.69) is 20.8 Å². The number of carbonyl (C=O) groups is 1. The quantitative estimate of drug-likeness (QED) is 0.627. The molecule has 0 aromatic carbocycles. The molecule has 0 aliphatic rings. The molecule has 0 bridgehead atoms. The zero-order chi connectivity index (χ0) is 11.2. The van der Waals surface area contributed by atoms with Gasteiger partial charge in [-0.25, -0.2) is 0 Å². The number of aliphatic carboxylic acids is 1. The Kier molecular flexibility index (Phi) is 17.0. The molecule has 0 unspecified atom stereocenters. The highest BCUT2D eigenvalue weighted by Gasteiger charge is 1.92. The monoisotopic (exact) mass is 202 g/mol. The van der Waals surface area contributed by atoms with Crippen LogP contribution in [0.3, 0.4) is 0 Å². The molecule has 0 aromatic heterocycles. The van der Waals surface area contributed by atoms with Crippen LogP contribution in [0.4, 0.5) is 0 Å². The molecule has 0 spiro atoms. The molecule has 0 atom stereocenters. The van der Waals surface area contributed by atoms with E-state index in [4.69, 9.17) is 5.11 Å². The first-order valence-corrected chi connectivity index (χ1v) is 5.90. The van der Waals surface area contributed by atoms with Crippen LogP contribution in [0, 0.1) is 0 Å². The van der Waals surface area contributed by atoms with Gasteiger partial charge < -0.3 is 5.11 Å². The number of hydrogen-bond acceptors (Lipinski definition) is 1. The van der Waals surface area contributed by atoms with Crippen LogP contribution < -0.4 is 0 Å². The van der Waals surface area contributed by atoms with Crippen LogP contribution in [0.25, 0.3) is 0 Å². The lowest BCUT2D eigenvalue weighted by Crippen LogP contribution is -1.92. The average Bonchev–Trinajstić information content (AvgIpc) is 2.16. The summed E-state index contributed by atoms with van der Waals surface area (Å²) in [5, 5.41) is 8.14. The van der Waals surface area contributed by atoms with E-state index in [1.165, 1.54) is 25.7 Å². The summed E-state index contributed by atoms with van der Waals surface area (Å²) < 4.78 is 0. The smallest absolute Gasteiger partial charge is 0.303 e. The van der Waals surface area contributed by atoms with Crippen LogP contribution in [0.5, 0.6) is 0 Å². The summed E-state index contributed by atoms with van der Waals surface area (Å²) in [6.07, 6.45) is 8.81. The maximum Gasteiger partial charge on any atom is 0.303 e. The minimum Gasteiger partial charge on any atom is -0.481 e. The zero-order valence-corrected chi connectivity index (χ0v) is 10.0. The van der Waals surface area contributed by atoms with Crippen LogP contribution in [0.15, 0.2) is 0 Å². The largest absolute Gasteiger partial charge is 0.481 e. The van der Waals surface area contributed by atoms with Crippen LogP contribution in [-0.2, 0) is 4.79 Å². The van der Waals surface area contributed by atoms with Crippen LogP contribution in [0.1, 0.15) is 72.1 Å². The van der Waals surface area contributed by atoms with Crippen molar-refractivity contribution in [2.75, 3.05) is 0 Å². The van der Waals surface area contributed by atoms with E-state index in [9.17, 15) is 4.79 Å². The summed E-state index contributed by atoms with van der Waals surface area (Å²) in [6.45, 7) is 6.52. The van der Waals surface area contributed by atoms with Gasteiger partial charge in [-0.15, -0.1) is 0 Å². The molecule has 0 saturated carbocycles. The third-order valence-corrected chi connectivity index (χ3v) is 1.95. The normalized spacial score (nSPS) is 9.07. The standard InChI is InChI=1S/C6H12O2.C6H14/c1-2-3-4-5-6(7)8;1-3-5-6-4-2/h2-5H2,1H3,(H,7,8);3-6H2,1-2H3. The lowest BCUT2D eigenvalue weighted by Gasteiger charge is -1.89. The molecule has 0 saturated heterocycles. The number of rotatable bonds is 7. The molecule has 0 radical (unpaired) electrons. The molecule has 1 N–H and O–H groups in total. The Morgan fingerprint density at radius 2 is 1.21 bits per heavy atom. The van der Waals surface area contributed by atoms with Crippen molar-refractivity contribution in [3.05, 3.63) is 0 Å². The fraction of sp³-hybridized carbons (Fsp3) is 0.917. The summed E-state index contributed by atoms with van der Waals surface area (Å²) in [6, 6.07) is 0. The minimum atomic E-state index is -0.682. The molecule has 0 fully saturated rings. The molecule has 0 aliphatic heterocycles. The van der Waals surface area contributed by atoms with Gasteiger partial charge in [0.25, 0.3) is 0 Å². The maximum absolute atomic E-state index is 9.87. The van der Waals surface area contributed by atoms with Gasteiger partial charge in [-0.3, -0.25) is 4.79 Å². The Bertz CT molecular complexity index is 107. The second-order valence-electron chi connectivity index (χ2n) is 3.56. The van der Waals surface area contributed by atoms with Crippen LogP contribution in [0.2, 0.25) is 0 Å². The van der Waals surface area contributed by atoms with Crippen molar-refractivity contribution < 1.29 is 9.90 Å². The summed E-state index contributed by atoms with van der Waals surface area (Å²) >= 11 is 0. The second-order valence-corrected chi connectivity index (χ2v) is 3.56. The van der Waals surface area contributed by atoms with Gasteiger partial charge in [-0.1, -0.05) is 59.3 Å². The third kappa shape index (κ3) is 22.5. The highest BCUT2D eigenvalue weighted by atomic mass is 16.4. The fourth-order valence-corrected chi connectivity index (χ4v) is 1.03. The number of carboxylic acids is 1. The highest BCUT2D eigenvalue weighted by molar-refractivity contribution is 5.66. The first-order chi connectivity index (χ1) is 6.68. The van der Waals surface area contributed by atoms with E-state index in [0.29, 0.717) is 6.42 Å². The van der Waals surface area contributed by atoms with Crippen molar-refractivity contribution in [3.8, 4) is 0 Å². The molecule has 2 heteroatoms. The SMILES string of the molecule is CCCCCC.CCCCCC(=O)O. The number of unbranched alkanes of at least 4 members (excludes halogenated alkanes) is 5. The molecular formula is C12H26O2. The van der Waals surface area contributed by atoms with E-state index in [1.807, 2.05) is 0 Å². The molecule has 0 aromatic rings. The molecule has 2 nitrogen and oxygen atoms in total. The fourth-order valence-electron chi connectivity index (χ4n) is 1.03. The van der Waals surface area contributed by atoms with Crippen LogP contribution >= 0.6 is 0 Å². The predicted molar refractivity (Wildman–Crippen MR) is 61.6 cm³/mol. The van der Waals surface area contributed by atoms with Gasteiger partial charge in [0.15, 0.2) is 0 Å². The van der Waals surface area contributed by atoms with Crippen molar-refractivity contribution in [1.29, 1.82) is 0 Å². The zero-order valence-electron chi connectivity index (χ0n) is 10.0. The predicted octanol–water partition coefficient (Wildman–Crippen LogP) is 4.24. The second kappa shape index (κ2) is 15.0. The van der Waals surface area contributed by atoms with Crippen LogP contribution in [-0.4, -0.2) is 11.1 Å². The molecule has 0 rings (SSSR count). The third-order valence-electron chi connectivity index (χ3n) is 1.95. The average molecular weight is 202 g/mol. The van der Waals surface area contributed by atoms with Crippen molar-refractivity contribution in [2.45, 2.75) is 72.1 Å². The Labute approximate surface area is 88.7 Å². The van der Waals surface area contributed by atoms with E-state index in [-0.39, 0.29) is 0 Å². The van der Waals surface area contributed by atoms with Crippen molar-refractivity contribution >= 4 is 5.97 Å². The van der Waals surface area contributed by atoms with Gasteiger partial charge in [0.05, 0.1) is 0 Å². The molecule has 0 heterocycles. The molecule has 0 amide bonds. The van der Waals surface area contributed by atoms with E-state index in [1.54, 1.807) is 0 Å².